The summed E-state index contributed by atoms with van der Waals surface area (Å²) in [5, 5.41) is 32.3. The standard InChI is InChI=1S/C9H14N2O4S/c1-10-3-2-6(12)7(13)8-11-5(4-16-8)9(14)15/h4,6-7,10,12-13H,2-3H2,1H3,(H,14,15). The van der Waals surface area contributed by atoms with Gasteiger partial charge in [0.05, 0.1) is 6.10 Å². The van der Waals surface area contributed by atoms with Crippen molar-refractivity contribution in [1.29, 1.82) is 0 Å². The predicted molar refractivity (Wildman–Crippen MR) is 58.6 cm³/mol. The van der Waals surface area contributed by atoms with E-state index in [1.807, 2.05) is 0 Å². The van der Waals surface area contributed by atoms with Gasteiger partial charge < -0.3 is 20.6 Å². The van der Waals surface area contributed by atoms with Crippen molar-refractivity contribution in [1.82, 2.24) is 10.3 Å². The second kappa shape index (κ2) is 5.90. The lowest BCUT2D eigenvalue weighted by molar-refractivity contribution is 0.0138. The SMILES string of the molecule is CNCCC(O)C(O)c1nc(C(=O)O)cs1. The van der Waals surface area contributed by atoms with Crippen molar-refractivity contribution in [2.24, 2.45) is 0 Å². The van der Waals surface area contributed by atoms with Crippen molar-refractivity contribution in [3.8, 4) is 0 Å². The molecule has 0 fully saturated rings. The highest BCUT2D eigenvalue weighted by molar-refractivity contribution is 7.09. The first-order chi connectivity index (χ1) is 7.56. The summed E-state index contributed by atoms with van der Waals surface area (Å²) in [5.74, 6) is -1.14. The van der Waals surface area contributed by atoms with Gasteiger partial charge in [0.15, 0.2) is 5.69 Å². The smallest absolute Gasteiger partial charge is 0.355 e. The Morgan fingerprint density at radius 1 is 1.62 bits per heavy atom. The van der Waals surface area contributed by atoms with Crippen molar-refractivity contribution in [3.05, 3.63) is 16.1 Å². The minimum absolute atomic E-state index is 0.111. The molecule has 2 unspecified atom stereocenters. The van der Waals surface area contributed by atoms with Crippen LogP contribution in [0.5, 0.6) is 0 Å². The number of thiazole rings is 1. The molecule has 0 spiro atoms. The van der Waals surface area contributed by atoms with Crippen LogP contribution in [0.15, 0.2) is 5.38 Å². The first kappa shape index (κ1) is 13.0. The number of hydrogen-bond acceptors (Lipinski definition) is 6. The van der Waals surface area contributed by atoms with Gasteiger partial charge in [-0.15, -0.1) is 11.3 Å². The van der Waals surface area contributed by atoms with Crippen LogP contribution in [0.25, 0.3) is 0 Å². The number of carboxylic acid groups (broad SMARTS) is 1. The number of aromatic nitrogens is 1. The van der Waals surface area contributed by atoms with Crippen LogP contribution in [-0.4, -0.2) is 46.0 Å². The van der Waals surface area contributed by atoms with Gasteiger partial charge in [0.2, 0.25) is 0 Å². The van der Waals surface area contributed by atoms with Crippen LogP contribution in [0.3, 0.4) is 0 Å². The van der Waals surface area contributed by atoms with Gasteiger partial charge in [-0.1, -0.05) is 0 Å². The second-order valence-corrected chi connectivity index (χ2v) is 4.17. The third-order valence-corrected chi connectivity index (χ3v) is 2.96. The fraction of sp³-hybridized carbons (Fsp3) is 0.556. The molecule has 7 heteroatoms. The Bertz CT molecular complexity index is 355. The van der Waals surface area contributed by atoms with Crippen molar-refractivity contribution >= 4 is 17.3 Å². The second-order valence-electron chi connectivity index (χ2n) is 3.28. The summed E-state index contributed by atoms with van der Waals surface area (Å²) in [7, 11) is 1.74. The van der Waals surface area contributed by atoms with Crippen molar-refractivity contribution < 1.29 is 20.1 Å². The van der Waals surface area contributed by atoms with Crippen molar-refractivity contribution in [2.75, 3.05) is 13.6 Å². The normalized spacial score (nSPS) is 14.7. The van der Waals surface area contributed by atoms with Crippen LogP contribution in [-0.2, 0) is 0 Å². The lowest BCUT2D eigenvalue weighted by Gasteiger charge is -2.14. The summed E-state index contributed by atoms with van der Waals surface area (Å²) < 4.78 is 0. The largest absolute Gasteiger partial charge is 0.476 e. The Balaban J connectivity index is 2.64. The number of carboxylic acids is 1. The Kier molecular flexibility index (Phi) is 4.81. The lowest BCUT2D eigenvalue weighted by atomic mass is 10.1. The lowest BCUT2D eigenvalue weighted by Crippen LogP contribution is -2.23. The first-order valence-electron chi connectivity index (χ1n) is 4.75. The molecule has 0 aliphatic heterocycles. The molecule has 0 aliphatic carbocycles. The van der Waals surface area contributed by atoms with Gasteiger partial charge in [-0.25, -0.2) is 9.78 Å². The van der Waals surface area contributed by atoms with Crippen LogP contribution in [0.1, 0.15) is 28.0 Å². The van der Waals surface area contributed by atoms with E-state index in [4.69, 9.17) is 5.11 Å². The molecular formula is C9H14N2O4S. The fourth-order valence-corrected chi connectivity index (χ4v) is 1.97. The topological polar surface area (TPSA) is 103 Å². The van der Waals surface area contributed by atoms with Crippen molar-refractivity contribution in [3.63, 3.8) is 0 Å². The predicted octanol–water partition coefficient (Wildman–Crippen LogP) is -0.155. The molecule has 4 N–H and O–H groups in total. The van der Waals surface area contributed by atoms with Gasteiger partial charge in [0.25, 0.3) is 0 Å². The number of hydrogen-bond donors (Lipinski definition) is 4. The van der Waals surface area contributed by atoms with Gasteiger partial charge >= 0.3 is 5.97 Å². The molecule has 0 radical (unpaired) electrons. The van der Waals surface area contributed by atoms with Crippen LogP contribution in [0.4, 0.5) is 0 Å². The molecule has 6 nitrogen and oxygen atoms in total. The molecule has 1 rings (SSSR count). The summed E-state index contributed by atoms with van der Waals surface area (Å²) >= 11 is 1.03. The Morgan fingerprint density at radius 3 is 2.81 bits per heavy atom. The zero-order valence-electron chi connectivity index (χ0n) is 8.75. The number of aliphatic hydroxyl groups is 2. The molecule has 0 aromatic carbocycles. The third-order valence-electron chi connectivity index (χ3n) is 2.05. The first-order valence-corrected chi connectivity index (χ1v) is 5.63. The molecule has 0 bridgehead atoms. The molecule has 0 amide bonds. The Labute approximate surface area is 96.6 Å². The van der Waals surface area contributed by atoms with Gasteiger partial charge in [0, 0.05) is 5.38 Å². The molecule has 1 heterocycles. The number of nitrogens with zero attached hydrogens (tertiary/aromatic N) is 1. The van der Waals surface area contributed by atoms with E-state index in [0.29, 0.717) is 13.0 Å². The van der Waals surface area contributed by atoms with E-state index in [-0.39, 0.29) is 10.7 Å². The van der Waals surface area contributed by atoms with E-state index in [0.717, 1.165) is 11.3 Å². The average Bonchev–Trinajstić information content (AvgIpc) is 2.74. The minimum atomic E-state index is -1.14. The summed E-state index contributed by atoms with van der Waals surface area (Å²) in [6, 6.07) is 0. The zero-order valence-corrected chi connectivity index (χ0v) is 9.57. The maximum Gasteiger partial charge on any atom is 0.355 e. The maximum atomic E-state index is 10.6. The number of rotatable bonds is 6. The number of aromatic carboxylic acids is 1. The van der Waals surface area contributed by atoms with Crippen molar-refractivity contribution in [2.45, 2.75) is 18.6 Å². The Hall–Kier alpha value is -1.02. The minimum Gasteiger partial charge on any atom is -0.476 e. The molecule has 16 heavy (non-hydrogen) atoms. The zero-order chi connectivity index (χ0) is 12.1. The summed E-state index contributed by atoms with van der Waals surface area (Å²) in [6.07, 6.45) is -1.70. The van der Waals surface area contributed by atoms with Gasteiger partial charge in [-0.3, -0.25) is 0 Å². The Morgan fingerprint density at radius 2 is 2.31 bits per heavy atom. The molecular weight excluding hydrogens is 232 g/mol. The molecule has 0 aliphatic rings. The highest BCUT2D eigenvalue weighted by Crippen LogP contribution is 2.22. The van der Waals surface area contributed by atoms with E-state index < -0.39 is 18.2 Å². The summed E-state index contributed by atoms with van der Waals surface area (Å²) in [5.41, 5.74) is -0.111. The average molecular weight is 246 g/mol. The van der Waals surface area contributed by atoms with Crippen LogP contribution in [0.2, 0.25) is 0 Å². The van der Waals surface area contributed by atoms with E-state index in [2.05, 4.69) is 10.3 Å². The highest BCUT2D eigenvalue weighted by atomic mass is 32.1. The van der Waals surface area contributed by atoms with E-state index in [9.17, 15) is 15.0 Å². The van der Waals surface area contributed by atoms with E-state index >= 15 is 0 Å². The quantitative estimate of drug-likeness (QED) is 0.556. The fourth-order valence-electron chi connectivity index (χ4n) is 1.14. The van der Waals surface area contributed by atoms with E-state index in [1.54, 1.807) is 7.05 Å². The number of aliphatic hydroxyl groups excluding tert-OH is 2. The van der Waals surface area contributed by atoms with E-state index in [1.165, 1.54) is 5.38 Å². The third kappa shape index (κ3) is 3.24. The van der Waals surface area contributed by atoms with Crippen LogP contribution >= 0.6 is 11.3 Å². The highest BCUT2D eigenvalue weighted by Gasteiger charge is 2.22. The molecule has 1 aromatic heterocycles. The molecule has 0 saturated carbocycles. The molecule has 0 saturated heterocycles. The number of carbonyl (C=O) groups is 1. The maximum absolute atomic E-state index is 10.6. The van der Waals surface area contributed by atoms with Crippen LogP contribution < -0.4 is 5.32 Å². The van der Waals surface area contributed by atoms with Gasteiger partial charge in [0.1, 0.15) is 11.1 Å². The van der Waals surface area contributed by atoms with Crippen LogP contribution in [0, 0.1) is 0 Å². The summed E-state index contributed by atoms with van der Waals surface area (Å²) in [6.45, 7) is 0.565. The van der Waals surface area contributed by atoms with Gasteiger partial charge in [-0.2, -0.15) is 0 Å². The summed E-state index contributed by atoms with van der Waals surface area (Å²) in [4.78, 5) is 14.3. The van der Waals surface area contributed by atoms with Gasteiger partial charge in [-0.05, 0) is 20.0 Å². The molecule has 90 valence electrons. The molecule has 2 atom stereocenters. The molecule has 1 aromatic rings. The number of nitrogens with one attached hydrogen (secondary N) is 1. The monoisotopic (exact) mass is 246 g/mol.